The van der Waals surface area contributed by atoms with E-state index >= 15 is 0 Å². The van der Waals surface area contributed by atoms with Gasteiger partial charge >= 0.3 is 5.97 Å². The predicted octanol–water partition coefficient (Wildman–Crippen LogP) is 1.31. The second-order valence-corrected chi connectivity index (χ2v) is 4.52. The van der Waals surface area contributed by atoms with Crippen molar-refractivity contribution in [2.45, 2.75) is 19.8 Å². The van der Waals surface area contributed by atoms with Crippen LogP contribution in [0.3, 0.4) is 0 Å². The molecule has 0 N–H and O–H groups in total. The molecule has 0 spiro atoms. The second-order valence-electron chi connectivity index (χ2n) is 4.52. The minimum Gasteiger partial charge on any atom is -0.493 e. The minimum absolute atomic E-state index is 0.0843. The van der Waals surface area contributed by atoms with E-state index in [9.17, 15) is 14.4 Å². The van der Waals surface area contributed by atoms with Crippen LogP contribution >= 0.6 is 0 Å². The molecule has 0 aliphatic carbocycles. The van der Waals surface area contributed by atoms with E-state index in [4.69, 9.17) is 9.57 Å². The van der Waals surface area contributed by atoms with Crippen LogP contribution in [0.25, 0.3) is 0 Å². The first kappa shape index (κ1) is 14.0. The van der Waals surface area contributed by atoms with Crippen molar-refractivity contribution in [3.63, 3.8) is 0 Å². The van der Waals surface area contributed by atoms with Crippen LogP contribution in [0.15, 0.2) is 30.3 Å². The summed E-state index contributed by atoms with van der Waals surface area (Å²) in [7, 11) is 0. The van der Waals surface area contributed by atoms with Gasteiger partial charge in [0, 0.05) is 12.8 Å². The fourth-order valence-electron chi connectivity index (χ4n) is 1.64. The van der Waals surface area contributed by atoms with Crippen molar-refractivity contribution in [2.24, 2.45) is 5.92 Å². The van der Waals surface area contributed by atoms with Gasteiger partial charge in [-0.3, -0.25) is 9.59 Å². The largest absolute Gasteiger partial charge is 0.493 e. The van der Waals surface area contributed by atoms with E-state index in [1.165, 1.54) is 0 Å². The third-order valence-electron chi connectivity index (χ3n) is 2.83. The first-order valence-electron chi connectivity index (χ1n) is 6.33. The van der Waals surface area contributed by atoms with E-state index in [0.717, 1.165) is 0 Å². The standard InChI is InChI=1S/C14H15NO5/c1-10(9-19-11-5-3-2-4-6-11)14(18)20-15-12(16)7-8-13(15)17/h2-6,10H,7-9H2,1H3. The van der Waals surface area contributed by atoms with Crippen molar-refractivity contribution < 1.29 is 24.0 Å². The monoisotopic (exact) mass is 277 g/mol. The number of carbonyl (C=O) groups is 3. The molecule has 2 rings (SSSR count). The molecular formula is C14H15NO5. The molecular weight excluding hydrogens is 262 g/mol. The number of imide groups is 1. The summed E-state index contributed by atoms with van der Waals surface area (Å²) in [4.78, 5) is 39.2. The third-order valence-corrected chi connectivity index (χ3v) is 2.83. The van der Waals surface area contributed by atoms with Crippen molar-refractivity contribution in [1.82, 2.24) is 5.06 Å². The zero-order valence-electron chi connectivity index (χ0n) is 11.1. The molecule has 0 aromatic heterocycles. The van der Waals surface area contributed by atoms with Crippen LogP contribution in [0.4, 0.5) is 0 Å². The van der Waals surface area contributed by atoms with Crippen molar-refractivity contribution in [3.8, 4) is 5.75 Å². The maximum absolute atomic E-state index is 11.8. The molecule has 1 saturated heterocycles. The lowest BCUT2D eigenvalue weighted by atomic mass is 10.2. The number of hydrogen-bond acceptors (Lipinski definition) is 5. The van der Waals surface area contributed by atoms with Gasteiger partial charge in [0.2, 0.25) is 0 Å². The number of para-hydroxylation sites is 1. The Hall–Kier alpha value is -2.37. The highest BCUT2D eigenvalue weighted by molar-refractivity contribution is 6.01. The van der Waals surface area contributed by atoms with Gasteiger partial charge in [0.05, 0.1) is 5.92 Å². The lowest BCUT2D eigenvalue weighted by Gasteiger charge is -2.16. The quantitative estimate of drug-likeness (QED) is 0.759. The molecule has 6 heteroatoms. The van der Waals surface area contributed by atoms with Crippen LogP contribution in [-0.4, -0.2) is 29.5 Å². The first-order valence-corrected chi connectivity index (χ1v) is 6.33. The molecule has 0 radical (unpaired) electrons. The molecule has 1 unspecified atom stereocenters. The number of ether oxygens (including phenoxy) is 1. The minimum atomic E-state index is -0.662. The molecule has 106 valence electrons. The Balaban J connectivity index is 1.83. The molecule has 1 aliphatic heterocycles. The maximum Gasteiger partial charge on any atom is 0.339 e. The van der Waals surface area contributed by atoms with Crippen LogP contribution in [-0.2, 0) is 19.2 Å². The Morgan fingerprint density at radius 3 is 2.40 bits per heavy atom. The number of benzene rings is 1. The molecule has 20 heavy (non-hydrogen) atoms. The van der Waals surface area contributed by atoms with Gasteiger partial charge in [-0.15, -0.1) is 5.06 Å². The van der Waals surface area contributed by atoms with E-state index in [1.807, 2.05) is 18.2 Å². The number of amides is 2. The summed E-state index contributed by atoms with van der Waals surface area (Å²) < 4.78 is 5.42. The van der Waals surface area contributed by atoms with Crippen LogP contribution < -0.4 is 4.74 Å². The lowest BCUT2D eigenvalue weighted by Crippen LogP contribution is -2.35. The summed E-state index contributed by atoms with van der Waals surface area (Å²) in [5, 5.41) is 0.543. The normalized spacial score (nSPS) is 16.1. The molecule has 1 fully saturated rings. The zero-order valence-corrected chi connectivity index (χ0v) is 11.1. The highest BCUT2D eigenvalue weighted by Crippen LogP contribution is 2.15. The molecule has 1 heterocycles. The van der Waals surface area contributed by atoms with Crippen molar-refractivity contribution >= 4 is 17.8 Å². The first-order chi connectivity index (χ1) is 9.58. The van der Waals surface area contributed by atoms with Gasteiger partial charge in [-0.05, 0) is 19.1 Å². The Bertz CT molecular complexity index is 498. The SMILES string of the molecule is CC(COc1ccccc1)C(=O)ON1C(=O)CCC1=O. The fraction of sp³-hybridized carbons (Fsp3) is 0.357. The summed E-state index contributed by atoms with van der Waals surface area (Å²) in [5.41, 5.74) is 0. The van der Waals surface area contributed by atoms with Crippen molar-refractivity contribution in [3.05, 3.63) is 30.3 Å². The fourth-order valence-corrected chi connectivity index (χ4v) is 1.64. The number of rotatable bonds is 5. The summed E-state index contributed by atoms with van der Waals surface area (Å²) in [6, 6.07) is 9.03. The number of nitrogens with zero attached hydrogens (tertiary/aromatic N) is 1. The third kappa shape index (κ3) is 3.34. The number of hydroxylamine groups is 2. The Labute approximate surface area is 116 Å². The Morgan fingerprint density at radius 1 is 1.20 bits per heavy atom. The van der Waals surface area contributed by atoms with E-state index in [1.54, 1.807) is 19.1 Å². The molecule has 1 aliphatic rings. The summed E-state index contributed by atoms with van der Waals surface area (Å²) >= 11 is 0. The van der Waals surface area contributed by atoms with Gasteiger partial charge in [0.25, 0.3) is 11.8 Å². The smallest absolute Gasteiger partial charge is 0.339 e. The average Bonchev–Trinajstić information content (AvgIpc) is 2.77. The van der Waals surface area contributed by atoms with Gasteiger partial charge in [0.15, 0.2) is 0 Å². The molecule has 1 atom stereocenters. The highest BCUT2D eigenvalue weighted by atomic mass is 16.7. The van der Waals surface area contributed by atoms with Gasteiger partial charge in [-0.2, -0.15) is 0 Å². The van der Waals surface area contributed by atoms with Crippen molar-refractivity contribution in [1.29, 1.82) is 0 Å². The second kappa shape index (κ2) is 6.18. The zero-order chi connectivity index (χ0) is 14.5. The topological polar surface area (TPSA) is 72.9 Å². The summed E-state index contributed by atoms with van der Waals surface area (Å²) in [6.07, 6.45) is 0.169. The molecule has 0 saturated carbocycles. The Kier molecular flexibility index (Phi) is 4.34. The van der Waals surface area contributed by atoms with Crippen LogP contribution in [0.2, 0.25) is 0 Å². The average molecular weight is 277 g/mol. The highest BCUT2D eigenvalue weighted by Gasteiger charge is 2.34. The summed E-state index contributed by atoms with van der Waals surface area (Å²) in [6.45, 7) is 1.72. The molecule has 6 nitrogen and oxygen atoms in total. The number of hydrogen-bond donors (Lipinski definition) is 0. The van der Waals surface area contributed by atoms with E-state index in [0.29, 0.717) is 10.8 Å². The van der Waals surface area contributed by atoms with Crippen LogP contribution in [0, 0.1) is 5.92 Å². The van der Waals surface area contributed by atoms with Gasteiger partial charge in [-0.1, -0.05) is 18.2 Å². The predicted molar refractivity (Wildman–Crippen MR) is 68.3 cm³/mol. The maximum atomic E-state index is 11.8. The molecule has 0 bridgehead atoms. The van der Waals surface area contributed by atoms with E-state index in [-0.39, 0.29) is 19.4 Å². The molecule has 1 aromatic carbocycles. The van der Waals surface area contributed by atoms with Crippen molar-refractivity contribution in [2.75, 3.05) is 6.61 Å². The van der Waals surface area contributed by atoms with Gasteiger partial charge in [0.1, 0.15) is 12.4 Å². The van der Waals surface area contributed by atoms with Gasteiger partial charge in [-0.25, -0.2) is 4.79 Å². The van der Waals surface area contributed by atoms with Crippen LogP contribution in [0.1, 0.15) is 19.8 Å². The van der Waals surface area contributed by atoms with E-state index in [2.05, 4.69) is 0 Å². The Morgan fingerprint density at radius 2 is 1.80 bits per heavy atom. The number of carbonyl (C=O) groups excluding carboxylic acids is 3. The van der Waals surface area contributed by atoms with Crippen LogP contribution in [0.5, 0.6) is 5.75 Å². The summed E-state index contributed by atoms with van der Waals surface area (Å²) in [5.74, 6) is -1.58. The lowest BCUT2D eigenvalue weighted by molar-refractivity contribution is -0.200. The van der Waals surface area contributed by atoms with Gasteiger partial charge < -0.3 is 9.57 Å². The molecule has 2 amide bonds. The molecule has 1 aromatic rings. The van der Waals surface area contributed by atoms with E-state index < -0.39 is 23.7 Å².